The number of nitrogens with zero attached hydrogens (tertiary/aromatic N) is 3. The number of nitrogens with two attached hydrogens (primary N) is 2. The largest absolute Gasteiger partial charge is 0.397 e. The molecular weight excluding hydrogens is 271 g/mol. The molecule has 6 nitrogen and oxygen atoms in total. The molecule has 0 spiro atoms. The number of rotatable bonds is 4. The van der Waals surface area contributed by atoms with Crippen LogP contribution in [-0.4, -0.2) is 21.3 Å². The van der Waals surface area contributed by atoms with Gasteiger partial charge in [-0.25, -0.2) is 9.37 Å². The van der Waals surface area contributed by atoms with E-state index in [9.17, 15) is 4.39 Å². The van der Waals surface area contributed by atoms with Gasteiger partial charge in [-0.1, -0.05) is 11.6 Å². The highest BCUT2D eigenvalue weighted by molar-refractivity contribution is 6.33. The molecule has 1 heterocycles. The summed E-state index contributed by atoms with van der Waals surface area (Å²) >= 11 is 5.73. The van der Waals surface area contributed by atoms with Crippen molar-refractivity contribution in [2.75, 3.05) is 23.3 Å². The van der Waals surface area contributed by atoms with Crippen molar-refractivity contribution in [3.63, 3.8) is 0 Å². The Balaban J connectivity index is 2.05. The van der Waals surface area contributed by atoms with Gasteiger partial charge < -0.3 is 16.8 Å². The summed E-state index contributed by atoms with van der Waals surface area (Å²) < 4.78 is 15.5. The molecule has 0 radical (unpaired) electrons. The van der Waals surface area contributed by atoms with Crippen LogP contribution in [0.15, 0.2) is 12.4 Å². The van der Waals surface area contributed by atoms with E-state index in [1.165, 1.54) is 6.07 Å². The molecule has 5 N–H and O–H groups in total. The van der Waals surface area contributed by atoms with Gasteiger partial charge >= 0.3 is 0 Å². The van der Waals surface area contributed by atoms with Gasteiger partial charge in [0.15, 0.2) is 11.6 Å². The minimum Gasteiger partial charge on any atom is -0.397 e. The molecule has 102 valence electrons. The molecule has 0 aliphatic rings. The Morgan fingerprint density at radius 3 is 2.79 bits per heavy atom. The molecular formula is C11H14ClFN6. The maximum Gasteiger partial charge on any atom is 0.169 e. The lowest BCUT2D eigenvalue weighted by atomic mass is 10.2. The fraction of sp³-hybridized carbons (Fsp3) is 0.273. The van der Waals surface area contributed by atoms with Gasteiger partial charge in [-0.2, -0.15) is 5.10 Å². The first-order chi connectivity index (χ1) is 8.99. The van der Waals surface area contributed by atoms with Crippen molar-refractivity contribution in [2.24, 2.45) is 7.05 Å². The predicted molar refractivity (Wildman–Crippen MR) is 73.4 cm³/mol. The number of benzene rings is 1. The predicted octanol–water partition coefficient (Wildman–Crippen LogP) is 1.43. The second-order valence-electron chi connectivity index (χ2n) is 4.07. The Hall–Kier alpha value is -2.02. The summed E-state index contributed by atoms with van der Waals surface area (Å²) in [5, 5.41) is 6.86. The molecule has 19 heavy (non-hydrogen) atoms. The highest BCUT2D eigenvalue weighted by Gasteiger charge is 2.14. The quantitative estimate of drug-likeness (QED) is 0.738. The minimum atomic E-state index is -0.645. The van der Waals surface area contributed by atoms with Gasteiger partial charge in [-0.05, 0) is 6.07 Å². The van der Waals surface area contributed by atoms with Crippen LogP contribution in [0.3, 0.4) is 0 Å². The molecule has 0 saturated carbocycles. The van der Waals surface area contributed by atoms with Crippen molar-refractivity contribution in [2.45, 2.75) is 6.42 Å². The summed E-state index contributed by atoms with van der Waals surface area (Å²) in [5.41, 5.74) is 11.7. The third-order valence-corrected chi connectivity index (χ3v) is 2.95. The molecule has 8 heteroatoms. The van der Waals surface area contributed by atoms with E-state index < -0.39 is 5.82 Å². The van der Waals surface area contributed by atoms with Gasteiger partial charge in [0.25, 0.3) is 0 Å². The summed E-state index contributed by atoms with van der Waals surface area (Å²) in [4.78, 5) is 4.06. The van der Waals surface area contributed by atoms with Crippen LogP contribution in [0.2, 0.25) is 5.02 Å². The first kappa shape index (κ1) is 13.4. The maximum atomic E-state index is 13.9. The highest BCUT2D eigenvalue weighted by Crippen LogP contribution is 2.33. The summed E-state index contributed by atoms with van der Waals surface area (Å²) in [7, 11) is 1.78. The molecule has 0 aliphatic heterocycles. The van der Waals surface area contributed by atoms with E-state index in [0.717, 1.165) is 0 Å². The van der Waals surface area contributed by atoms with E-state index >= 15 is 0 Å². The Morgan fingerprint density at radius 2 is 2.16 bits per heavy atom. The number of nitrogen functional groups attached to an aromatic ring is 2. The molecule has 0 unspecified atom stereocenters. The Kier molecular flexibility index (Phi) is 3.75. The molecule has 0 saturated heterocycles. The van der Waals surface area contributed by atoms with Gasteiger partial charge in [-0.3, -0.25) is 4.68 Å². The van der Waals surface area contributed by atoms with Crippen molar-refractivity contribution < 1.29 is 4.39 Å². The van der Waals surface area contributed by atoms with E-state index in [-0.39, 0.29) is 22.1 Å². The molecule has 2 rings (SSSR count). The average molecular weight is 285 g/mol. The number of anilines is 3. The van der Waals surface area contributed by atoms with Crippen molar-refractivity contribution in [1.82, 2.24) is 14.8 Å². The van der Waals surface area contributed by atoms with Gasteiger partial charge in [0.2, 0.25) is 0 Å². The average Bonchev–Trinajstić information content (AvgIpc) is 2.77. The third-order valence-electron chi connectivity index (χ3n) is 2.56. The van der Waals surface area contributed by atoms with Crippen LogP contribution < -0.4 is 16.8 Å². The number of hydrogen-bond acceptors (Lipinski definition) is 5. The number of halogens is 2. The monoisotopic (exact) mass is 284 g/mol. The van der Waals surface area contributed by atoms with Crippen molar-refractivity contribution in [3.8, 4) is 0 Å². The SMILES string of the molecule is Cn1cnc(CCNc2c(N)cc(N)c(Cl)c2F)n1. The summed E-state index contributed by atoms with van der Waals surface area (Å²) in [6, 6.07) is 1.42. The van der Waals surface area contributed by atoms with E-state index in [2.05, 4.69) is 15.4 Å². The first-order valence-corrected chi connectivity index (χ1v) is 5.98. The summed E-state index contributed by atoms with van der Waals surface area (Å²) in [6.07, 6.45) is 2.14. The smallest absolute Gasteiger partial charge is 0.169 e. The molecule has 0 fully saturated rings. The molecule has 0 amide bonds. The second-order valence-corrected chi connectivity index (χ2v) is 4.45. The Bertz CT molecular complexity index is 597. The number of hydrogen-bond donors (Lipinski definition) is 3. The van der Waals surface area contributed by atoms with Crippen LogP contribution in [0, 0.1) is 5.82 Å². The zero-order chi connectivity index (χ0) is 14.0. The van der Waals surface area contributed by atoms with Crippen LogP contribution in [0.25, 0.3) is 0 Å². The first-order valence-electron chi connectivity index (χ1n) is 5.60. The Labute approximate surface area is 114 Å². The van der Waals surface area contributed by atoms with E-state index in [1.807, 2.05) is 0 Å². The van der Waals surface area contributed by atoms with E-state index in [0.29, 0.717) is 18.8 Å². The van der Waals surface area contributed by atoms with E-state index in [4.69, 9.17) is 23.1 Å². The van der Waals surface area contributed by atoms with Crippen LogP contribution in [0.5, 0.6) is 0 Å². The van der Waals surface area contributed by atoms with Crippen molar-refractivity contribution in [1.29, 1.82) is 0 Å². The fourth-order valence-corrected chi connectivity index (χ4v) is 1.79. The van der Waals surface area contributed by atoms with Gasteiger partial charge in [0.1, 0.15) is 11.3 Å². The molecule has 1 aromatic carbocycles. The Morgan fingerprint density at radius 1 is 1.42 bits per heavy atom. The lowest BCUT2D eigenvalue weighted by Gasteiger charge is -2.12. The number of aromatic nitrogens is 3. The molecule has 1 aromatic heterocycles. The molecule has 0 bridgehead atoms. The lowest BCUT2D eigenvalue weighted by Crippen LogP contribution is -2.10. The van der Waals surface area contributed by atoms with Crippen molar-refractivity contribution >= 4 is 28.7 Å². The fourth-order valence-electron chi connectivity index (χ4n) is 1.64. The minimum absolute atomic E-state index is 0.119. The van der Waals surface area contributed by atoms with Gasteiger partial charge in [0, 0.05) is 20.0 Å². The normalized spacial score (nSPS) is 10.7. The molecule has 0 aliphatic carbocycles. The van der Waals surface area contributed by atoms with E-state index in [1.54, 1.807) is 18.1 Å². The third kappa shape index (κ3) is 2.87. The number of nitrogens with one attached hydrogen (secondary N) is 1. The standard InChI is InChI=1S/C11H14ClFN6/c1-19-5-17-8(18-19)2-3-16-11-7(15)4-6(14)9(12)10(11)13/h4-5,16H,2-3,14-15H2,1H3. The number of aryl methyl sites for hydroxylation is 1. The lowest BCUT2D eigenvalue weighted by molar-refractivity contribution is 0.631. The van der Waals surface area contributed by atoms with Crippen LogP contribution in [0.4, 0.5) is 21.5 Å². The second kappa shape index (κ2) is 5.31. The zero-order valence-electron chi connectivity index (χ0n) is 10.3. The van der Waals surface area contributed by atoms with Gasteiger partial charge in [0.05, 0.1) is 17.1 Å². The molecule has 2 aromatic rings. The highest BCUT2D eigenvalue weighted by atomic mass is 35.5. The van der Waals surface area contributed by atoms with Crippen molar-refractivity contribution in [3.05, 3.63) is 29.1 Å². The van der Waals surface area contributed by atoms with Crippen LogP contribution in [-0.2, 0) is 13.5 Å². The topological polar surface area (TPSA) is 94.8 Å². The van der Waals surface area contributed by atoms with Gasteiger partial charge in [-0.15, -0.1) is 0 Å². The summed E-state index contributed by atoms with van der Waals surface area (Å²) in [5.74, 6) is 0.0173. The maximum absolute atomic E-state index is 13.9. The van der Waals surface area contributed by atoms with Crippen LogP contribution in [0.1, 0.15) is 5.82 Å². The molecule has 0 atom stereocenters. The summed E-state index contributed by atoms with van der Waals surface area (Å²) in [6.45, 7) is 0.436. The zero-order valence-corrected chi connectivity index (χ0v) is 11.1. The van der Waals surface area contributed by atoms with Crippen LogP contribution >= 0.6 is 11.6 Å².